The summed E-state index contributed by atoms with van der Waals surface area (Å²) in [5.41, 5.74) is 0.612. The molecule has 0 atom stereocenters. The highest BCUT2D eigenvalue weighted by Gasteiger charge is 2.20. The zero-order valence-corrected chi connectivity index (χ0v) is 8.94. The lowest BCUT2D eigenvalue weighted by Gasteiger charge is -2.10. The number of benzene rings is 1. The summed E-state index contributed by atoms with van der Waals surface area (Å²) in [5, 5.41) is 9.00. The minimum atomic E-state index is -1.15. The highest BCUT2D eigenvalue weighted by molar-refractivity contribution is 5.90. The van der Waals surface area contributed by atoms with Gasteiger partial charge in [0.15, 0.2) is 0 Å². The fourth-order valence-corrected chi connectivity index (χ4v) is 1.76. The Morgan fingerprint density at radius 1 is 1.50 bits per heavy atom. The largest absolute Gasteiger partial charge is 0.475 e. The van der Waals surface area contributed by atoms with E-state index in [9.17, 15) is 9.18 Å². The lowest BCUT2D eigenvalue weighted by atomic mass is 10.3. The number of fused-ring (bicyclic) bond motifs is 1. The minimum absolute atomic E-state index is 0.130. The Balaban J connectivity index is 2.88. The van der Waals surface area contributed by atoms with E-state index < -0.39 is 11.8 Å². The maximum atomic E-state index is 13.6. The molecule has 1 N–H and O–H groups in total. The van der Waals surface area contributed by atoms with Crippen molar-refractivity contribution in [1.29, 1.82) is 0 Å². The molecule has 5 heteroatoms. The molecule has 0 saturated heterocycles. The molecule has 0 radical (unpaired) electrons. The number of hydrogen-bond acceptors (Lipinski definition) is 2. The number of carbonyl (C=O) groups is 1. The van der Waals surface area contributed by atoms with E-state index in [1.54, 1.807) is 19.9 Å². The van der Waals surface area contributed by atoms with Crippen molar-refractivity contribution in [3.63, 3.8) is 0 Å². The first-order valence-electron chi connectivity index (χ1n) is 4.92. The van der Waals surface area contributed by atoms with Crippen molar-refractivity contribution < 1.29 is 14.3 Å². The third-order valence-electron chi connectivity index (χ3n) is 2.37. The van der Waals surface area contributed by atoms with Gasteiger partial charge in [-0.3, -0.25) is 0 Å². The first-order chi connectivity index (χ1) is 7.52. The normalized spacial score (nSPS) is 11.2. The van der Waals surface area contributed by atoms with Crippen LogP contribution in [0, 0.1) is 5.82 Å². The van der Waals surface area contributed by atoms with Crippen molar-refractivity contribution in [2.24, 2.45) is 0 Å². The van der Waals surface area contributed by atoms with Gasteiger partial charge in [0.1, 0.15) is 11.3 Å². The number of rotatable bonds is 2. The average Bonchev–Trinajstić information content (AvgIpc) is 2.58. The molecule has 2 aromatic rings. The second-order valence-corrected chi connectivity index (χ2v) is 3.81. The standard InChI is InChI=1S/C11H11FN2O2/c1-6(2)14-9-7(12)4-3-5-8(9)13-10(14)11(15)16/h3-6H,1-2H3,(H,15,16). The summed E-state index contributed by atoms with van der Waals surface area (Å²) in [6, 6.07) is 4.26. The van der Waals surface area contributed by atoms with Crippen LogP contribution >= 0.6 is 0 Å². The molecule has 0 aliphatic carbocycles. The Kier molecular flexibility index (Phi) is 2.38. The van der Waals surface area contributed by atoms with Crippen LogP contribution in [0.3, 0.4) is 0 Å². The minimum Gasteiger partial charge on any atom is -0.475 e. The SMILES string of the molecule is CC(C)n1c(C(=O)O)nc2cccc(F)c21. The van der Waals surface area contributed by atoms with Gasteiger partial charge in [-0.15, -0.1) is 0 Å². The van der Waals surface area contributed by atoms with Gasteiger partial charge in [0.05, 0.1) is 5.52 Å². The number of hydrogen-bond donors (Lipinski definition) is 1. The van der Waals surface area contributed by atoms with Crippen LogP contribution in [0.25, 0.3) is 11.0 Å². The van der Waals surface area contributed by atoms with Crippen LogP contribution in [0.5, 0.6) is 0 Å². The van der Waals surface area contributed by atoms with E-state index in [0.717, 1.165) is 0 Å². The van der Waals surface area contributed by atoms with Gasteiger partial charge in [-0.2, -0.15) is 0 Å². The summed E-state index contributed by atoms with van der Waals surface area (Å²) in [7, 11) is 0. The summed E-state index contributed by atoms with van der Waals surface area (Å²) < 4.78 is 15.0. The van der Waals surface area contributed by atoms with Crippen LogP contribution < -0.4 is 0 Å². The Morgan fingerprint density at radius 3 is 2.75 bits per heavy atom. The van der Waals surface area contributed by atoms with Gasteiger partial charge < -0.3 is 9.67 Å². The van der Waals surface area contributed by atoms with Gasteiger partial charge in [0.2, 0.25) is 5.82 Å². The van der Waals surface area contributed by atoms with E-state index in [0.29, 0.717) is 5.52 Å². The van der Waals surface area contributed by atoms with Gasteiger partial charge >= 0.3 is 5.97 Å². The molecule has 0 saturated carbocycles. The van der Waals surface area contributed by atoms with E-state index in [2.05, 4.69) is 4.98 Å². The fourth-order valence-electron chi connectivity index (χ4n) is 1.76. The van der Waals surface area contributed by atoms with E-state index in [4.69, 9.17) is 5.11 Å². The molecule has 0 aliphatic rings. The monoisotopic (exact) mass is 222 g/mol. The Hall–Kier alpha value is -1.91. The molecule has 2 rings (SSSR count). The molecule has 4 nitrogen and oxygen atoms in total. The quantitative estimate of drug-likeness (QED) is 0.849. The summed E-state index contributed by atoms with van der Waals surface area (Å²) >= 11 is 0. The predicted molar refractivity (Wildman–Crippen MR) is 57.0 cm³/mol. The van der Waals surface area contributed by atoms with Crippen LogP contribution in [0.4, 0.5) is 4.39 Å². The van der Waals surface area contributed by atoms with Gasteiger partial charge in [0.25, 0.3) is 0 Å². The summed E-state index contributed by atoms with van der Waals surface area (Å²) in [6.07, 6.45) is 0. The highest BCUT2D eigenvalue weighted by Crippen LogP contribution is 2.23. The molecule has 1 aromatic carbocycles. The van der Waals surface area contributed by atoms with Crippen molar-refractivity contribution in [2.45, 2.75) is 19.9 Å². The molecule has 0 bridgehead atoms. The van der Waals surface area contributed by atoms with E-state index >= 15 is 0 Å². The lowest BCUT2D eigenvalue weighted by molar-refractivity contribution is 0.0677. The molecular weight excluding hydrogens is 211 g/mol. The Labute approximate surface area is 91.3 Å². The van der Waals surface area contributed by atoms with Crippen LogP contribution in [0.2, 0.25) is 0 Å². The number of carboxylic acid groups (broad SMARTS) is 1. The van der Waals surface area contributed by atoms with E-state index in [1.165, 1.54) is 16.7 Å². The summed E-state index contributed by atoms with van der Waals surface area (Å²) in [6.45, 7) is 3.58. The van der Waals surface area contributed by atoms with Crippen molar-refractivity contribution in [1.82, 2.24) is 9.55 Å². The van der Waals surface area contributed by atoms with Crippen LogP contribution in [-0.2, 0) is 0 Å². The highest BCUT2D eigenvalue weighted by atomic mass is 19.1. The molecule has 0 fully saturated rings. The number of aromatic nitrogens is 2. The number of nitrogens with zero attached hydrogens (tertiary/aromatic N) is 2. The van der Waals surface area contributed by atoms with Crippen LogP contribution in [0.1, 0.15) is 30.5 Å². The number of carboxylic acids is 1. The number of imidazole rings is 1. The second kappa shape index (κ2) is 3.59. The van der Waals surface area contributed by atoms with Gasteiger partial charge in [0, 0.05) is 6.04 Å². The molecule has 0 aliphatic heterocycles. The van der Waals surface area contributed by atoms with Crippen LogP contribution in [0.15, 0.2) is 18.2 Å². The van der Waals surface area contributed by atoms with E-state index in [1.807, 2.05) is 0 Å². The second-order valence-electron chi connectivity index (χ2n) is 3.81. The fraction of sp³-hybridized carbons (Fsp3) is 0.273. The Bertz CT molecular complexity index is 560. The molecule has 0 unspecified atom stereocenters. The molecule has 1 heterocycles. The average molecular weight is 222 g/mol. The maximum Gasteiger partial charge on any atom is 0.372 e. The molecule has 1 aromatic heterocycles. The molecule has 0 spiro atoms. The zero-order chi connectivity index (χ0) is 11.9. The van der Waals surface area contributed by atoms with Gasteiger partial charge in [-0.25, -0.2) is 14.2 Å². The first kappa shape index (κ1) is 10.6. The number of aromatic carboxylic acids is 1. The van der Waals surface area contributed by atoms with Gasteiger partial charge in [-0.1, -0.05) is 6.07 Å². The number of halogens is 1. The Morgan fingerprint density at radius 2 is 2.19 bits per heavy atom. The molecule has 84 valence electrons. The third-order valence-corrected chi connectivity index (χ3v) is 2.37. The maximum absolute atomic E-state index is 13.6. The van der Waals surface area contributed by atoms with Crippen molar-refractivity contribution in [3.8, 4) is 0 Å². The van der Waals surface area contributed by atoms with Crippen LogP contribution in [-0.4, -0.2) is 20.6 Å². The molecule has 16 heavy (non-hydrogen) atoms. The lowest BCUT2D eigenvalue weighted by Crippen LogP contribution is -2.12. The molecule has 0 amide bonds. The van der Waals surface area contributed by atoms with E-state index in [-0.39, 0.29) is 17.4 Å². The smallest absolute Gasteiger partial charge is 0.372 e. The summed E-state index contributed by atoms with van der Waals surface area (Å²) in [4.78, 5) is 14.9. The van der Waals surface area contributed by atoms with Crippen molar-refractivity contribution in [3.05, 3.63) is 29.8 Å². The van der Waals surface area contributed by atoms with Gasteiger partial charge in [-0.05, 0) is 26.0 Å². The first-order valence-corrected chi connectivity index (χ1v) is 4.92. The molecular formula is C11H11FN2O2. The third kappa shape index (κ3) is 1.44. The predicted octanol–water partition coefficient (Wildman–Crippen LogP) is 2.45. The topological polar surface area (TPSA) is 55.1 Å². The van der Waals surface area contributed by atoms with Crippen molar-refractivity contribution in [2.75, 3.05) is 0 Å². The zero-order valence-electron chi connectivity index (χ0n) is 8.94. The number of para-hydroxylation sites is 1. The van der Waals surface area contributed by atoms with Crippen molar-refractivity contribution >= 4 is 17.0 Å². The summed E-state index contributed by atoms with van der Waals surface area (Å²) in [5.74, 6) is -1.73.